The van der Waals surface area contributed by atoms with E-state index in [0.29, 0.717) is 30.0 Å². The molecule has 0 saturated carbocycles. The maximum Gasteiger partial charge on any atom is 0.250 e. The van der Waals surface area contributed by atoms with E-state index in [0.717, 1.165) is 17.7 Å². The summed E-state index contributed by atoms with van der Waals surface area (Å²) in [4.78, 5) is 5.76. The molecule has 0 aliphatic heterocycles. The summed E-state index contributed by atoms with van der Waals surface area (Å²) in [6.07, 6.45) is 0.781. The highest BCUT2D eigenvalue weighted by atomic mass is 16.5. The van der Waals surface area contributed by atoms with Crippen LogP contribution in [0.4, 0.5) is 0 Å². The van der Waals surface area contributed by atoms with Crippen LogP contribution in [-0.4, -0.2) is 37.5 Å². The van der Waals surface area contributed by atoms with E-state index in [-0.39, 0.29) is 0 Å². The minimum absolute atomic E-state index is 0.294. The van der Waals surface area contributed by atoms with Gasteiger partial charge >= 0.3 is 0 Å². The van der Waals surface area contributed by atoms with Crippen LogP contribution in [0.25, 0.3) is 11.4 Å². The fourth-order valence-electron chi connectivity index (χ4n) is 2.11. The summed E-state index contributed by atoms with van der Waals surface area (Å²) in [7, 11) is 1.62. The van der Waals surface area contributed by atoms with Crippen LogP contribution >= 0.6 is 0 Å². The average Bonchev–Trinajstić information content (AvgIpc) is 3.17. The van der Waals surface area contributed by atoms with Crippen LogP contribution in [0.5, 0.6) is 5.75 Å². The van der Waals surface area contributed by atoms with Crippen molar-refractivity contribution in [2.24, 2.45) is 5.92 Å². The third-order valence-electron chi connectivity index (χ3n) is 3.16. The molecule has 0 fully saturated rings. The van der Waals surface area contributed by atoms with Gasteiger partial charge in [-0.15, -0.1) is 10.2 Å². The van der Waals surface area contributed by atoms with Crippen molar-refractivity contribution in [3.63, 3.8) is 0 Å². The Morgan fingerprint density at radius 3 is 2.96 bits per heavy atom. The molecule has 2 heterocycles. The highest BCUT2D eigenvalue weighted by Gasteiger charge is 2.12. The molecule has 0 bridgehead atoms. The van der Waals surface area contributed by atoms with Crippen molar-refractivity contribution in [1.29, 1.82) is 0 Å². The molecular weight excluding hydrogens is 296 g/mol. The molecule has 23 heavy (non-hydrogen) atoms. The van der Waals surface area contributed by atoms with E-state index < -0.39 is 0 Å². The Morgan fingerprint density at radius 1 is 1.30 bits per heavy atom. The second-order valence-corrected chi connectivity index (χ2v) is 5.58. The number of hydrogen-bond acceptors (Lipinski definition) is 7. The van der Waals surface area contributed by atoms with E-state index in [2.05, 4.69) is 39.4 Å². The Balaban J connectivity index is 1.73. The molecule has 120 valence electrons. The van der Waals surface area contributed by atoms with E-state index in [1.165, 1.54) is 4.80 Å². The number of benzene rings is 1. The number of methoxy groups -OCH3 is 1. The molecule has 0 unspecified atom stereocenters. The van der Waals surface area contributed by atoms with E-state index >= 15 is 0 Å². The molecule has 2 aromatic heterocycles. The number of hydrogen-bond donors (Lipinski definition) is 0. The fraction of sp³-hybridized carbons (Fsp3) is 0.400. The number of rotatable bonds is 6. The van der Waals surface area contributed by atoms with Gasteiger partial charge in [0, 0.05) is 12.0 Å². The molecule has 3 rings (SSSR count). The molecule has 0 aliphatic rings. The van der Waals surface area contributed by atoms with Crippen molar-refractivity contribution in [3.05, 3.63) is 36.0 Å². The number of nitrogens with zero attached hydrogens (tertiary/aromatic N) is 6. The van der Waals surface area contributed by atoms with Gasteiger partial charge in [-0.05, 0) is 23.3 Å². The highest BCUT2D eigenvalue weighted by Crippen LogP contribution is 2.19. The van der Waals surface area contributed by atoms with Crippen LogP contribution in [0.15, 0.2) is 28.8 Å². The van der Waals surface area contributed by atoms with Crippen molar-refractivity contribution < 1.29 is 9.26 Å². The first kappa shape index (κ1) is 15.1. The summed E-state index contributed by atoms with van der Waals surface area (Å²) >= 11 is 0. The van der Waals surface area contributed by atoms with Gasteiger partial charge < -0.3 is 9.26 Å². The van der Waals surface area contributed by atoms with Crippen molar-refractivity contribution in [2.75, 3.05) is 7.11 Å². The van der Waals surface area contributed by atoms with Gasteiger partial charge in [0.25, 0.3) is 0 Å². The maximum atomic E-state index is 5.21. The van der Waals surface area contributed by atoms with E-state index in [1.807, 2.05) is 24.3 Å². The normalized spacial score (nSPS) is 11.1. The quantitative estimate of drug-likeness (QED) is 0.687. The maximum absolute atomic E-state index is 5.21. The first-order chi connectivity index (χ1) is 11.1. The molecule has 1 aromatic carbocycles. The first-order valence-electron chi connectivity index (χ1n) is 7.37. The van der Waals surface area contributed by atoms with Crippen LogP contribution in [0.2, 0.25) is 0 Å². The van der Waals surface area contributed by atoms with Gasteiger partial charge in [-0.2, -0.15) is 9.78 Å². The highest BCUT2D eigenvalue weighted by molar-refractivity contribution is 5.56. The van der Waals surface area contributed by atoms with Gasteiger partial charge in [0.1, 0.15) is 12.3 Å². The third-order valence-corrected chi connectivity index (χ3v) is 3.16. The molecular formula is C15H18N6O2. The van der Waals surface area contributed by atoms with Crippen molar-refractivity contribution >= 4 is 0 Å². The second-order valence-electron chi connectivity index (χ2n) is 5.58. The summed E-state index contributed by atoms with van der Waals surface area (Å²) in [5.74, 6) is 2.91. The molecule has 8 nitrogen and oxygen atoms in total. The van der Waals surface area contributed by atoms with E-state index in [1.54, 1.807) is 7.11 Å². The molecule has 0 aliphatic carbocycles. The largest absolute Gasteiger partial charge is 0.497 e. The monoisotopic (exact) mass is 314 g/mol. The van der Waals surface area contributed by atoms with Crippen molar-refractivity contribution in [2.45, 2.75) is 26.8 Å². The molecule has 8 heteroatoms. The lowest BCUT2D eigenvalue weighted by atomic mass is 10.1. The molecule has 0 amide bonds. The van der Waals surface area contributed by atoms with Crippen LogP contribution in [0.3, 0.4) is 0 Å². The van der Waals surface area contributed by atoms with Gasteiger partial charge in [0.15, 0.2) is 5.82 Å². The molecule has 0 N–H and O–H groups in total. The summed E-state index contributed by atoms with van der Waals surface area (Å²) < 4.78 is 10.4. The Labute approximate surface area is 133 Å². The second kappa shape index (κ2) is 6.55. The molecule has 0 radical (unpaired) electrons. The van der Waals surface area contributed by atoms with Gasteiger partial charge in [-0.25, -0.2) is 0 Å². The SMILES string of the molecule is COc1cccc(-c2nnn(Cc3nc(CC(C)C)no3)n2)c1. The smallest absolute Gasteiger partial charge is 0.250 e. The Hall–Kier alpha value is -2.77. The average molecular weight is 314 g/mol. The summed E-state index contributed by atoms with van der Waals surface area (Å²) in [6, 6.07) is 7.50. The minimum atomic E-state index is 0.294. The van der Waals surface area contributed by atoms with Crippen molar-refractivity contribution in [3.8, 4) is 17.1 Å². The zero-order valence-electron chi connectivity index (χ0n) is 13.3. The first-order valence-corrected chi connectivity index (χ1v) is 7.37. The fourth-order valence-corrected chi connectivity index (χ4v) is 2.11. The zero-order valence-corrected chi connectivity index (χ0v) is 13.3. The topological polar surface area (TPSA) is 91.8 Å². The Bertz CT molecular complexity index is 780. The van der Waals surface area contributed by atoms with Crippen LogP contribution in [-0.2, 0) is 13.0 Å². The molecule has 0 spiro atoms. The lowest BCUT2D eigenvalue weighted by molar-refractivity contribution is 0.351. The minimum Gasteiger partial charge on any atom is -0.497 e. The summed E-state index contributed by atoms with van der Waals surface area (Å²) in [5, 5.41) is 16.4. The predicted molar refractivity (Wildman–Crippen MR) is 81.7 cm³/mol. The molecule has 3 aromatic rings. The van der Waals surface area contributed by atoms with E-state index in [4.69, 9.17) is 9.26 Å². The molecule has 0 atom stereocenters. The van der Waals surface area contributed by atoms with E-state index in [9.17, 15) is 0 Å². The van der Waals surface area contributed by atoms with Gasteiger partial charge in [-0.3, -0.25) is 0 Å². The lowest BCUT2D eigenvalue weighted by Gasteiger charge is -2.00. The summed E-state index contributed by atoms with van der Waals surface area (Å²) in [5.41, 5.74) is 0.835. The van der Waals surface area contributed by atoms with Gasteiger partial charge in [-0.1, -0.05) is 31.1 Å². The lowest BCUT2D eigenvalue weighted by Crippen LogP contribution is -2.05. The Morgan fingerprint density at radius 2 is 2.17 bits per heavy atom. The van der Waals surface area contributed by atoms with Crippen LogP contribution < -0.4 is 4.74 Å². The van der Waals surface area contributed by atoms with Gasteiger partial charge in [0.05, 0.1) is 7.11 Å². The number of aromatic nitrogens is 6. The van der Waals surface area contributed by atoms with Crippen LogP contribution in [0.1, 0.15) is 25.6 Å². The van der Waals surface area contributed by atoms with Crippen LogP contribution in [0, 0.1) is 5.92 Å². The van der Waals surface area contributed by atoms with Crippen molar-refractivity contribution in [1.82, 2.24) is 30.3 Å². The summed E-state index contributed by atoms with van der Waals surface area (Å²) in [6.45, 7) is 4.51. The Kier molecular flexibility index (Phi) is 4.31. The third kappa shape index (κ3) is 3.71. The van der Waals surface area contributed by atoms with Gasteiger partial charge in [0.2, 0.25) is 11.7 Å². The zero-order chi connectivity index (χ0) is 16.2. The standard InChI is InChI=1S/C15H18N6O2/c1-10(2)7-13-16-14(23-19-13)9-21-18-15(17-20-21)11-5-4-6-12(8-11)22-3/h4-6,8,10H,7,9H2,1-3H3. The number of tetrazole rings is 1. The number of ether oxygens (including phenoxy) is 1. The predicted octanol–water partition coefficient (Wildman–Crippen LogP) is 1.98. The molecule has 0 saturated heterocycles.